The summed E-state index contributed by atoms with van der Waals surface area (Å²) in [7, 11) is 0. The summed E-state index contributed by atoms with van der Waals surface area (Å²) in [5.41, 5.74) is 3.11. The van der Waals surface area contributed by atoms with Gasteiger partial charge >= 0.3 is 6.09 Å². The van der Waals surface area contributed by atoms with Gasteiger partial charge in [-0.2, -0.15) is 0 Å². The zero-order valence-corrected chi connectivity index (χ0v) is 27.6. The molecule has 3 N–H and O–H groups in total. The van der Waals surface area contributed by atoms with E-state index in [0.29, 0.717) is 24.2 Å². The van der Waals surface area contributed by atoms with Crippen LogP contribution in [0.5, 0.6) is 5.75 Å². The van der Waals surface area contributed by atoms with Crippen molar-refractivity contribution >= 4 is 34.4 Å². The number of rotatable bonds is 11. The molecule has 3 amide bonds. The Hall–Kier alpha value is -4.85. The normalized spacial score (nSPS) is 12.7. The number of phenolic OH excluding ortho intramolecular Hbond substituents is 1. The molecule has 0 aliphatic carbocycles. The number of hydrogen-bond donors (Lipinski definition) is 3. The molecule has 46 heavy (non-hydrogen) atoms. The molecule has 0 bridgehead atoms. The van der Waals surface area contributed by atoms with E-state index < -0.39 is 29.7 Å². The molecule has 8 nitrogen and oxygen atoms in total. The second-order valence-electron chi connectivity index (χ2n) is 12.8. The van der Waals surface area contributed by atoms with Gasteiger partial charge in [0.25, 0.3) is 5.91 Å². The fraction of sp³-hybridized carbons (Fsp3) is 0.342. The Bertz CT molecular complexity index is 1680. The number of alkyl carbamates (subject to hydrolysis) is 1. The highest BCUT2D eigenvalue weighted by atomic mass is 16.6. The van der Waals surface area contributed by atoms with Gasteiger partial charge in [0.1, 0.15) is 23.4 Å². The minimum atomic E-state index is -1.04. The van der Waals surface area contributed by atoms with Crippen LogP contribution in [0.4, 0.5) is 10.5 Å². The number of anilines is 1. The van der Waals surface area contributed by atoms with Gasteiger partial charge in [-0.25, -0.2) is 4.79 Å². The maximum absolute atomic E-state index is 14.7. The summed E-state index contributed by atoms with van der Waals surface area (Å²) >= 11 is 0. The van der Waals surface area contributed by atoms with E-state index in [2.05, 4.69) is 10.6 Å². The summed E-state index contributed by atoms with van der Waals surface area (Å²) in [6, 6.07) is 24.0. The molecule has 0 fully saturated rings. The smallest absolute Gasteiger partial charge is 0.408 e. The van der Waals surface area contributed by atoms with E-state index in [1.54, 1.807) is 37.8 Å². The van der Waals surface area contributed by atoms with Crippen molar-refractivity contribution in [1.29, 1.82) is 0 Å². The third-order valence-corrected chi connectivity index (χ3v) is 7.71. The fourth-order valence-corrected chi connectivity index (χ4v) is 5.40. The monoisotopic (exact) mass is 623 g/mol. The summed E-state index contributed by atoms with van der Waals surface area (Å²) < 4.78 is 5.54. The van der Waals surface area contributed by atoms with Crippen molar-refractivity contribution in [1.82, 2.24) is 10.2 Å². The third kappa shape index (κ3) is 9.10. The Labute approximate surface area is 271 Å². The SMILES string of the molecule is CCCCN(C(=O)C(Cc1ccc(O)cc1)NC(=O)OC(C)(C)C)C(C(=O)Nc1ccc2ccccc2c1)c1cc(C)ccc1C. The summed E-state index contributed by atoms with van der Waals surface area (Å²) in [4.78, 5) is 43.7. The number of aromatic hydroxyl groups is 1. The zero-order chi connectivity index (χ0) is 33.4. The van der Waals surface area contributed by atoms with E-state index in [-0.39, 0.29) is 18.1 Å². The van der Waals surface area contributed by atoms with Gasteiger partial charge in [0.15, 0.2) is 0 Å². The quantitative estimate of drug-likeness (QED) is 0.159. The molecule has 242 valence electrons. The molecule has 0 aliphatic heterocycles. The van der Waals surface area contributed by atoms with Crippen LogP contribution in [0.15, 0.2) is 84.9 Å². The maximum Gasteiger partial charge on any atom is 0.408 e. The molecule has 2 unspecified atom stereocenters. The van der Waals surface area contributed by atoms with Gasteiger partial charge in [-0.1, -0.05) is 79.6 Å². The van der Waals surface area contributed by atoms with E-state index in [1.165, 1.54) is 12.1 Å². The Kier molecular flexibility index (Phi) is 11.1. The van der Waals surface area contributed by atoms with E-state index in [4.69, 9.17) is 4.74 Å². The molecule has 0 aliphatic rings. The van der Waals surface area contributed by atoms with Gasteiger partial charge in [0, 0.05) is 18.7 Å². The second-order valence-corrected chi connectivity index (χ2v) is 12.8. The summed E-state index contributed by atoms with van der Waals surface area (Å²) in [5, 5.41) is 17.7. The first kappa shape index (κ1) is 34.0. The molecule has 0 saturated heterocycles. The zero-order valence-electron chi connectivity index (χ0n) is 27.6. The van der Waals surface area contributed by atoms with Crippen molar-refractivity contribution in [2.75, 3.05) is 11.9 Å². The molecule has 2 atom stereocenters. The minimum absolute atomic E-state index is 0.0941. The Morgan fingerprint density at radius 2 is 1.59 bits per heavy atom. The molecule has 8 heteroatoms. The number of nitrogens with zero attached hydrogens (tertiary/aromatic N) is 1. The van der Waals surface area contributed by atoms with E-state index in [1.807, 2.05) is 81.4 Å². The lowest BCUT2D eigenvalue weighted by atomic mass is 9.95. The minimum Gasteiger partial charge on any atom is -0.508 e. The van der Waals surface area contributed by atoms with Crippen LogP contribution >= 0.6 is 0 Å². The number of hydrogen-bond acceptors (Lipinski definition) is 5. The maximum atomic E-state index is 14.7. The largest absolute Gasteiger partial charge is 0.508 e. The standard InChI is InChI=1S/C38H45N3O5/c1-7-8-21-41(36(44)33(40-37(45)46-38(4,5)6)23-27-15-19-31(42)20-16-27)34(32-22-25(2)13-14-26(32)3)35(43)39-30-18-17-28-11-9-10-12-29(28)24-30/h9-20,22,24,33-34,42H,7-8,21,23H2,1-6H3,(H,39,43)(H,40,45). The van der Waals surface area contributed by atoms with Gasteiger partial charge in [-0.05, 0) is 92.8 Å². The molecule has 0 spiro atoms. The second kappa shape index (κ2) is 15.0. The number of phenols is 1. The predicted molar refractivity (Wildman–Crippen MR) is 183 cm³/mol. The molecule has 0 aromatic heterocycles. The lowest BCUT2D eigenvalue weighted by Crippen LogP contribution is -2.53. The van der Waals surface area contributed by atoms with Crippen molar-refractivity contribution in [3.63, 3.8) is 0 Å². The highest BCUT2D eigenvalue weighted by molar-refractivity contribution is 6.00. The summed E-state index contributed by atoms with van der Waals surface area (Å²) in [5.74, 6) is -0.669. The molecule has 0 radical (unpaired) electrons. The summed E-state index contributed by atoms with van der Waals surface area (Å²) in [6.45, 7) is 11.5. The van der Waals surface area contributed by atoms with Crippen LogP contribution in [0.25, 0.3) is 10.8 Å². The van der Waals surface area contributed by atoms with Crippen LogP contribution in [-0.2, 0) is 20.7 Å². The molecule has 0 saturated carbocycles. The number of ether oxygens (including phenoxy) is 1. The molecular formula is C38H45N3O5. The molecule has 4 aromatic rings. The van der Waals surface area contributed by atoms with Gasteiger partial charge in [0.2, 0.25) is 5.91 Å². The molecule has 4 rings (SSSR count). The average Bonchev–Trinajstić information content (AvgIpc) is 3.00. The number of carbonyl (C=O) groups excluding carboxylic acids is 3. The summed E-state index contributed by atoms with van der Waals surface area (Å²) in [6.07, 6.45) is 0.836. The van der Waals surface area contributed by atoms with Gasteiger partial charge in [-0.15, -0.1) is 0 Å². The number of fused-ring (bicyclic) bond motifs is 1. The third-order valence-electron chi connectivity index (χ3n) is 7.71. The number of amides is 3. The number of nitrogens with one attached hydrogen (secondary N) is 2. The predicted octanol–water partition coefficient (Wildman–Crippen LogP) is 7.61. The average molecular weight is 624 g/mol. The van der Waals surface area contributed by atoms with Crippen LogP contribution in [0.3, 0.4) is 0 Å². The Balaban J connectivity index is 1.77. The molecular weight excluding hydrogens is 578 g/mol. The lowest BCUT2D eigenvalue weighted by Gasteiger charge is -2.35. The van der Waals surface area contributed by atoms with Crippen molar-refractivity contribution in [3.8, 4) is 5.75 Å². The number of unbranched alkanes of at least 4 members (excludes halogenated alkanes) is 1. The first-order valence-electron chi connectivity index (χ1n) is 15.8. The topological polar surface area (TPSA) is 108 Å². The van der Waals surface area contributed by atoms with E-state index >= 15 is 0 Å². The number of aryl methyl sites for hydroxylation is 2. The number of benzene rings is 4. The first-order chi connectivity index (χ1) is 21.8. The molecule has 0 heterocycles. The van der Waals surface area contributed by atoms with E-state index in [9.17, 15) is 19.5 Å². The number of carbonyl (C=O) groups is 3. The van der Waals surface area contributed by atoms with Crippen molar-refractivity contribution < 1.29 is 24.2 Å². The first-order valence-corrected chi connectivity index (χ1v) is 15.8. The van der Waals surface area contributed by atoms with Crippen LogP contribution in [0, 0.1) is 13.8 Å². The van der Waals surface area contributed by atoms with Gasteiger partial charge in [-0.3, -0.25) is 9.59 Å². The van der Waals surface area contributed by atoms with Gasteiger partial charge < -0.3 is 25.4 Å². The van der Waals surface area contributed by atoms with Crippen LogP contribution in [0.1, 0.15) is 68.8 Å². The van der Waals surface area contributed by atoms with Crippen LogP contribution in [0.2, 0.25) is 0 Å². The fourth-order valence-electron chi connectivity index (χ4n) is 5.40. The van der Waals surface area contributed by atoms with Crippen LogP contribution < -0.4 is 10.6 Å². The Morgan fingerprint density at radius 3 is 2.26 bits per heavy atom. The van der Waals surface area contributed by atoms with Crippen molar-refractivity contribution in [2.24, 2.45) is 0 Å². The van der Waals surface area contributed by atoms with Crippen molar-refractivity contribution in [3.05, 3.63) is 107 Å². The van der Waals surface area contributed by atoms with Gasteiger partial charge in [0.05, 0.1) is 0 Å². The van der Waals surface area contributed by atoms with E-state index in [0.717, 1.165) is 33.9 Å². The molecule has 4 aromatic carbocycles. The van der Waals surface area contributed by atoms with Crippen LogP contribution in [-0.4, -0.2) is 46.1 Å². The Morgan fingerprint density at radius 1 is 0.891 bits per heavy atom. The highest BCUT2D eigenvalue weighted by Crippen LogP contribution is 2.30. The lowest BCUT2D eigenvalue weighted by molar-refractivity contribution is -0.140. The highest BCUT2D eigenvalue weighted by Gasteiger charge is 2.37. The van der Waals surface area contributed by atoms with Crippen molar-refractivity contribution in [2.45, 2.75) is 78.5 Å².